The average Bonchev–Trinajstić information content (AvgIpc) is 2.49. The Morgan fingerprint density at radius 2 is 2.11 bits per heavy atom. The third-order valence-electron chi connectivity index (χ3n) is 4.01. The van der Waals surface area contributed by atoms with Crippen molar-refractivity contribution in [2.45, 2.75) is 51.7 Å². The van der Waals surface area contributed by atoms with E-state index in [1.54, 1.807) is 0 Å². The monoisotopic (exact) mass is 287 g/mol. The SMILES string of the molecule is CC1(C)CCN(CCCC(C)(C)C(N)=NO)CCS1. The highest BCUT2D eigenvalue weighted by Gasteiger charge is 2.25. The Kier molecular flexibility index (Phi) is 5.99. The normalized spacial score (nSPS) is 22.2. The highest BCUT2D eigenvalue weighted by molar-refractivity contribution is 8.00. The molecule has 0 aromatic carbocycles. The van der Waals surface area contributed by atoms with Crippen molar-refractivity contribution in [1.82, 2.24) is 4.90 Å². The Hall–Kier alpha value is -0.420. The fraction of sp³-hybridized carbons (Fsp3) is 0.929. The van der Waals surface area contributed by atoms with Crippen LogP contribution in [-0.4, -0.2) is 46.1 Å². The van der Waals surface area contributed by atoms with Crippen LogP contribution >= 0.6 is 11.8 Å². The van der Waals surface area contributed by atoms with Crippen LogP contribution in [0.3, 0.4) is 0 Å². The van der Waals surface area contributed by atoms with Crippen molar-refractivity contribution < 1.29 is 5.21 Å². The summed E-state index contributed by atoms with van der Waals surface area (Å²) in [5.41, 5.74) is 5.50. The molecule has 0 aromatic heterocycles. The lowest BCUT2D eigenvalue weighted by Gasteiger charge is -2.26. The third-order valence-corrected chi connectivity index (χ3v) is 5.38. The van der Waals surface area contributed by atoms with Crippen molar-refractivity contribution >= 4 is 17.6 Å². The van der Waals surface area contributed by atoms with Crippen molar-refractivity contribution in [3.8, 4) is 0 Å². The Morgan fingerprint density at radius 3 is 2.74 bits per heavy atom. The second-order valence-electron chi connectivity index (χ2n) is 6.67. The molecule has 0 unspecified atom stereocenters. The number of oxime groups is 1. The van der Waals surface area contributed by atoms with Crippen molar-refractivity contribution in [2.24, 2.45) is 16.3 Å². The highest BCUT2D eigenvalue weighted by atomic mass is 32.2. The molecule has 1 heterocycles. The van der Waals surface area contributed by atoms with Crippen LogP contribution < -0.4 is 5.73 Å². The van der Waals surface area contributed by atoms with E-state index in [0.29, 0.717) is 10.6 Å². The Morgan fingerprint density at radius 1 is 1.42 bits per heavy atom. The summed E-state index contributed by atoms with van der Waals surface area (Å²) in [6.45, 7) is 12.2. The number of hydrogen-bond donors (Lipinski definition) is 2. The zero-order valence-electron chi connectivity index (χ0n) is 12.8. The van der Waals surface area contributed by atoms with Gasteiger partial charge in [-0.15, -0.1) is 0 Å². The van der Waals surface area contributed by atoms with Crippen LogP contribution in [0.15, 0.2) is 5.16 Å². The summed E-state index contributed by atoms with van der Waals surface area (Å²) in [5, 5.41) is 11.9. The summed E-state index contributed by atoms with van der Waals surface area (Å²) >= 11 is 2.08. The van der Waals surface area contributed by atoms with Gasteiger partial charge in [-0.3, -0.25) is 0 Å². The maximum absolute atomic E-state index is 8.76. The van der Waals surface area contributed by atoms with Crippen LogP contribution in [0.2, 0.25) is 0 Å². The number of nitrogens with zero attached hydrogens (tertiary/aromatic N) is 2. The molecule has 1 aliphatic heterocycles. The molecule has 19 heavy (non-hydrogen) atoms. The second kappa shape index (κ2) is 6.84. The maximum Gasteiger partial charge on any atom is 0.144 e. The molecule has 0 radical (unpaired) electrons. The van der Waals surface area contributed by atoms with Gasteiger partial charge in [0.2, 0.25) is 0 Å². The zero-order chi connectivity index (χ0) is 14.5. The number of nitrogens with two attached hydrogens (primary N) is 1. The van der Waals surface area contributed by atoms with Crippen LogP contribution in [-0.2, 0) is 0 Å². The number of hydrogen-bond acceptors (Lipinski definition) is 4. The van der Waals surface area contributed by atoms with Crippen molar-refractivity contribution in [3.63, 3.8) is 0 Å². The van der Waals surface area contributed by atoms with Gasteiger partial charge in [-0.1, -0.05) is 32.9 Å². The van der Waals surface area contributed by atoms with Crippen molar-refractivity contribution in [2.75, 3.05) is 25.4 Å². The minimum Gasteiger partial charge on any atom is -0.409 e. The largest absolute Gasteiger partial charge is 0.409 e. The number of thioether (sulfide) groups is 1. The fourth-order valence-electron chi connectivity index (χ4n) is 2.29. The first kappa shape index (κ1) is 16.6. The Balaban J connectivity index is 2.34. The van der Waals surface area contributed by atoms with Gasteiger partial charge in [-0.2, -0.15) is 11.8 Å². The van der Waals surface area contributed by atoms with Crippen molar-refractivity contribution in [1.29, 1.82) is 0 Å². The van der Waals surface area contributed by atoms with E-state index in [4.69, 9.17) is 10.9 Å². The lowest BCUT2D eigenvalue weighted by Crippen LogP contribution is -2.34. The van der Waals surface area contributed by atoms with E-state index in [1.807, 2.05) is 13.8 Å². The summed E-state index contributed by atoms with van der Waals surface area (Å²) in [7, 11) is 0. The Labute approximate surface area is 121 Å². The molecule has 3 N–H and O–H groups in total. The first-order chi connectivity index (χ1) is 8.77. The molecule has 0 aliphatic carbocycles. The molecule has 0 atom stereocenters. The lowest BCUT2D eigenvalue weighted by molar-refractivity contribution is 0.263. The fourth-order valence-corrected chi connectivity index (χ4v) is 3.43. The summed E-state index contributed by atoms with van der Waals surface area (Å²) in [6.07, 6.45) is 3.30. The van der Waals surface area contributed by atoms with Crippen molar-refractivity contribution in [3.05, 3.63) is 0 Å². The first-order valence-electron chi connectivity index (χ1n) is 7.11. The molecule has 5 heteroatoms. The summed E-state index contributed by atoms with van der Waals surface area (Å²) in [6, 6.07) is 0. The van der Waals surface area contributed by atoms with Crippen LogP contribution in [0.25, 0.3) is 0 Å². The van der Waals surface area contributed by atoms with Gasteiger partial charge in [-0.25, -0.2) is 0 Å². The average molecular weight is 287 g/mol. The van der Waals surface area contributed by atoms with Crippen LogP contribution in [0.1, 0.15) is 47.0 Å². The molecule has 1 fully saturated rings. The molecule has 0 amide bonds. The van der Waals surface area contributed by atoms with E-state index in [0.717, 1.165) is 19.4 Å². The topological polar surface area (TPSA) is 61.8 Å². The molecule has 4 nitrogen and oxygen atoms in total. The van der Waals surface area contributed by atoms with E-state index in [1.165, 1.54) is 25.3 Å². The second-order valence-corrected chi connectivity index (χ2v) is 8.47. The van der Waals surface area contributed by atoms with Gasteiger partial charge in [0, 0.05) is 22.5 Å². The molecular weight excluding hydrogens is 258 g/mol. The molecule has 0 aromatic rings. The third kappa shape index (κ3) is 5.61. The van der Waals surface area contributed by atoms with Gasteiger partial charge in [0.05, 0.1) is 0 Å². The maximum atomic E-state index is 8.76. The van der Waals surface area contributed by atoms with E-state index in [-0.39, 0.29) is 5.41 Å². The van der Waals surface area contributed by atoms with Gasteiger partial charge >= 0.3 is 0 Å². The van der Waals surface area contributed by atoms with Crippen LogP contribution in [0.4, 0.5) is 0 Å². The zero-order valence-corrected chi connectivity index (χ0v) is 13.6. The molecule has 112 valence electrons. The molecule has 0 spiro atoms. The Bertz CT molecular complexity index is 316. The van der Waals surface area contributed by atoms with E-state index < -0.39 is 0 Å². The molecule has 1 rings (SSSR count). The van der Waals surface area contributed by atoms with E-state index in [9.17, 15) is 0 Å². The van der Waals surface area contributed by atoms with Crippen LogP contribution in [0, 0.1) is 5.41 Å². The quantitative estimate of drug-likeness (QED) is 0.353. The van der Waals surface area contributed by atoms with Gasteiger partial charge in [-0.05, 0) is 32.4 Å². The first-order valence-corrected chi connectivity index (χ1v) is 8.10. The molecule has 0 saturated carbocycles. The summed E-state index contributed by atoms with van der Waals surface area (Å²) in [5.74, 6) is 1.55. The minimum absolute atomic E-state index is 0.214. The highest BCUT2D eigenvalue weighted by Crippen LogP contribution is 2.31. The van der Waals surface area contributed by atoms with Crippen LogP contribution in [0.5, 0.6) is 0 Å². The van der Waals surface area contributed by atoms with Gasteiger partial charge in [0.25, 0.3) is 0 Å². The molecule has 1 saturated heterocycles. The van der Waals surface area contributed by atoms with E-state index in [2.05, 4.69) is 35.7 Å². The molecule has 1 aliphatic rings. The predicted molar refractivity (Wildman–Crippen MR) is 84.0 cm³/mol. The lowest BCUT2D eigenvalue weighted by atomic mass is 9.86. The molecular formula is C14H29N3OS. The van der Waals surface area contributed by atoms with E-state index >= 15 is 0 Å². The summed E-state index contributed by atoms with van der Waals surface area (Å²) < 4.78 is 0.419. The number of amidine groups is 1. The predicted octanol–water partition coefficient (Wildman–Crippen LogP) is 2.76. The van der Waals surface area contributed by atoms with Gasteiger partial charge in [0.15, 0.2) is 0 Å². The van der Waals surface area contributed by atoms with Gasteiger partial charge in [0.1, 0.15) is 5.84 Å². The standard InChI is InChI=1S/C14H29N3OS/c1-13(2,12(15)16-18)6-5-8-17-9-7-14(3,4)19-11-10-17/h18H,5-11H2,1-4H3,(H2,15,16). The molecule has 0 bridgehead atoms. The summed E-state index contributed by atoms with van der Waals surface area (Å²) in [4.78, 5) is 2.55. The minimum atomic E-state index is -0.214. The number of rotatable bonds is 5. The smallest absolute Gasteiger partial charge is 0.144 e. The van der Waals surface area contributed by atoms with Gasteiger partial charge < -0.3 is 15.8 Å².